The fourth-order valence-electron chi connectivity index (χ4n) is 3.05. The summed E-state index contributed by atoms with van der Waals surface area (Å²) < 4.78 is 15.8. The van der Waals surface area contributed by atoms with Crippen molar-refractivity contribution in [3.8, 4) is 0 Å². The van der Waals surface area contributed by atoms with Crippen molar-refractivity contribution in [3.05, 3.63) is 64.8 Å². The average Bonchev–Trinajstić information content (AvgIpc) is 2.99. The van der Waals surface area contributed by atoms with Crippen LogP contribution in [0.2, 0.25) is 5.02 Å². The molecule has 1 aromatic heterocycles. The smallest absolute Gasteiger partial charge is 0.125 e. The van der Waals surface area contributed by atoms with Crippen molar-refractivity contribution in [3.63, 3.8) is 0 Å². The molecule has 0 bridgehead atoms. The Labute approximate surface area is 152 Å². The number of anilines is 1. The molecular weight excluding hydrogens is 339 g/mol. The van der Waals surface area contributed by atoms with Crippen LogP contribution in [-0.4, -0.2) is 15.8 Å². The number of allylic oxidation sites excluding steroid dienone is 1. The Morgan fingerprint density at radius 1 is 1.28 bits per heavy atom. The normalized spacial score (nSPS) is 16.8. The molecule has 0 saturated carbocycles. The highest BCUT2D eigenvalue weighted by molar-refractivity contribution is 6.32. The molecule has 1 aliphatic rings. The highest BCUT2D eigenvalue weighted by atomic mass is 35.5. The quantitative estimate of drug-likeness (QED) is 0.761. The van der Waals surface area contributed by atoms with Gasteiger partial charge in [0.2, 0.25) is 0 Å². The first-order chi connectivity index (χ1) is 12.1. The first-order valence-corrected chi connectivity index (χ1v) is 8.97. The molecule has 0 fully saturated rings. The molecule has 1 unspecified atom stereocenters. The summed E-state index contributed by atoms with van der Waals surface area (Å²) in [6, 6.07) is 8.23. The predicted molar refractivity (Wildman–Crippen MR) is 102 cm³/mol. The summed E-state index contributed by atoms with van der Waals surface area (Å²) in [4.78, 5) is 1.91. The summed E-state index contributed by atoms with van der Waals surface area (Å²) in [5.41, 5.74) is 3.10. The summed E-state index contributed by atoms with van der Waals surface area (Å²) in [5, 5.41) is 11.2. The Morgan fingerprint density at radius 3 is 2.76 bits per heavy atom. The molecule has 3 rings (SSSR count). The largest absolute Gasteiger partial charge is 0.387 e. The van der Waals surface area contributed by atoms with E-state index >= 15 is 0 Å². The van der Waals surface area contributed by atoms with E-state index in [0.717, 1.165) is 24.2 Å². The maximum absolute atomic E-state index is 13.9. The highest BCUT2D eigenvalue weighted by Crippen LogP contribution is 2.40. The van der Waals surface area contributed by atoms with Crippen LogP contribution in [0.5, 0.6) is 0 Å². The van der Waals surface area contributed by atoms with Gasteiger partial charge in [-0.2, -0.15) is 0 Å². The minimum absolute atomic E-state index is 0.315. The standard InChI is InChI=1S/C20H22ClFN2O/c1-3-5-9-17-20-16(21)10-11-23(20)13-18(19(25)4-2)24(17)15-8-6-7-14(22)12-15/h6-13,19,25H,3-5H2,1-2H3/b17-9+. The van der Waals surface area contributed by atoms with Crippen LogP contribution in [0.25, 0.3) is 11.9 Å². The second-order valence-electron chi connectivity index (χ2n) is 6.09. The van der Waals surface area contributed by atoms with Crippen LogP contribution in [0.4, 0.5) is 10.1 Å². The molecule has 0 amide bonds. The Hall–Kier alpha value is -2.04. The van der Waals surface area contributed by atoms with Gasteiger partial charge in [-0.25, -0.2) is 4.39 Å². The molecule has 1 aromatic carbocycles. The lowest BCUT2D eigenvalue weighted by Crippen LogP contribution is -2.32. The Kier molecular flexibility index (Phi) is 5.30. The summed E-state index contributed by atoms with van der Waals surface area (Å²) in [5.74, 6) is -0.315. The number of aliphatic hydroxyl groups excluding tert-OH is 1. The number of nitrogens with zero attached hydrogens (tertiary/aromatic N) is 2. The van der Waals surface area contributed by atoms with E-state index in [1.807, 2.05) is 40.9 Å². The molecule has 1 aliphatic heterocycles. The number of hydrogen-bond acceptors (Lipinski definition) is 2. The molecular formula is C20H22ClFN2O. The summed E-state index contributed by atoms with van der Waals surface area (Å²) in [6.45, 7) is 4.02. The first kappa shape index (κ1) is 17.8. The van der Waals surface area contributed by atoms with Gasteiger partial charge in [-0.15, -0.1) is 0 Å². The van der Waals surface area contributed by atoms with Crippen LogP contribution in [0, 0.1) is 5.82 Å². The number of hydrogen-bond donors (Lipinski definition) is 1. The second-order valence-corrected chi connectivity index (χ2v) is 6.50. The van der Waals surface area contributed by atoms with E-state index in [9.17, 15) is 9.50 Å². The van der Waals surface area contributed by atoms with Crippen molar-refractivity contribution in [2.45, 2.75) is 39.2 Å². The second kappa shape index (κ2) is 7.46. The lowest BCUT2D eigenvalue weighted by Gasteiger charge is -2.36. The molecule has 1 atom stereocenters. The molecule has 3 nitrogen and oxygen atoms in total. The Balaban J connectivity index is 2.23. The molecule has 2 heterocycles. The summed E-state index contributed by atoms with van der Waals surface area (Å²) >= 11 is 6.42. The van der Waals surface area contributed by atoms with Gasteiger partial charge >= 0.3 is 0 Å². The third kappa shape index (κ3) is 3.37. The third-order valence-electron chi connectivity index (χ3n) is 4.30. The number of rotatable bonds is 5. The van der Waals surface area contributed by atoms with Crippen molar-refractivity contribution < 1.29 is 9.50 Å². The minimum Gasteiger partial charge on any atom is -0.387 e. The van der Waals surface area contributed by atoms with Gasteiger partial charge in [0.25, 0.3) is 0 Å². The predicted octanol–water partition coefficient (Wildman–Crippen LogP) is 5.51. The molecule has 0 radical (unpaired) electrons. The minimum atomic E-state index is -0.664. The van der Waals surface area contributed by atoms with Gasteiger partial charge in [0, 0.05) is 18.1 Å². The van der Waals surface area contributed by atoms with Crippen molar-refractivity contribution in [1.29, 1.82) is 0 Å². The first-order valence-electron chi connectivity index (χ1n) is 8.59. The van der Waals surface area contributed by atoms with E-state index in [0.29, 0.717) is 22.8 Å². The van der Waals surface area contributed by atoms with Gasteiger partial charge in [0.05, 0.1) is 28.2 Å². The summed E-state index contributed by atoms with van der Waals surface area (Å²) in [7, 11) is 0. The molecule has 0 saturated heterocycles. The zero-order chi connectivity index (χ0) is 18.0. The van der Waals surface area contributed by atoms with Gasteiger partial charge in [-0.1, -0.05) is 44.0 Å². The highest BCUT2D eigenvalue weighted by Gasteiger charge is 2.30. The fraction of sp³-hybridized carbons (Fsp3) is 0.300. The van der Waals surface area contributed by atoms with Crippen molar-refractivity contribution in [1.82, 2.24) is 4.57 Å². The number of unbranched alkanes of at least 4 members (excludes halogenated alkanes) is 1. The van der Waals surface area contributed by atoms with E-state index in [2.05, 4.69) is 13.0 Å². The van der Waals surface area contributed by atoms with Gasteiger partial charge in [0.1, 0.15) is 5.82 Å². The van der Waals surface area contributed by atoms with Crippen LogP contribution >= 0.6 is 11.6 Å². The van der Waals surface area contributed by atoms with Crippen LogP contribution in [0.1, 0.15) is 38.8 Å². The van der Waals surface area contributed by atoms with Crippen molar-refractivity contribution >= 4 is 29.2 Å². The van der Waals surface area contributed by atoms with Gasteiger partial charge < -0.3 is 14.6 Å². The average molecular weight is 361 g/mol. The van der Waals surface area contributed by atoms with Gasteiger partial charge in [-0.3, -0.25) is 0 Å². The van der Waals surface area contributed by atoms with Crippen LogP contribution < -0.4 is 4.90 Å². The van der Waals surface area contributed by atoms with Crippen LogP contribution in [0.3, 0.4) is 0 Å². The lowest BCUT2D eigenvalue weighted by molar-refractivity contribution is 0.205. The summed E-state index contributed by atoms with van der Waals surface area (Å²) in [6.07, 6.45) is 7.57. The van der Waals surface area contributed by atoms with Crippen LogP contribution in [0.15, 0.2) is 48.3 Å². The van der Waals surface area contributed by atoms with Crippen molar-refractivity contribution in [2.75, 3.05) is 4.90 Å². The molecule has 0 aliphatic carbocycles. The van der Waals surface area contributed by atoms with Gasteiger partial charge in [0.15, 0.2) is 0 Å². The van der Waals surface area contributed by atoms with E-state index in [-0.39, 0.29) is 5.82 Å². The van der Waals surface area contributed by atoms with E-state index in [4.69, 9.17) is 11.6 Å². The zero-order valence-corrected chi connectivity index (χ0v) is 15.2. The molecule has 5 heteroatoms. The maximum Gasteiger partial charge on any atom is 0.125 e. The fourth-order valence-corrected chi connectivity index (χ4v) is 3.30. The number of aliphatic hydroxyl groups is 1. The molecule has 2 aromatic rings. The SMILES string of the molecule is CCC/C=C1\c2c(Cl)ccn2C=C(C(O)CC)N1c1cccc(F)c1. The molecule has 1 N–H and O–H groups in total. The lowest BCUT2D eigenvalue weighted by atomic mass is 10.1. The number of halogens is 2. The molecule has 0 spiro atoms. The Bertz CT molecular complexity index is 825. The third-order valence-corrected chi connectivity index (χ3v) is 4.60. The number of benzene rings is 1. The van der Waals surface area contributed by atoms with Gasteiger partial charge in [-0.05, 0) is 37.1 Å². The monoisotopic (exact) mass is 360 g/mol. The maximum atomic E-state index is 13.9. The molecule has 132 valence electrons. The van der Waals surface area contributed by atoms with E-state index in [1.54, 1.807) is 6.07 Å². The zero-order valence-electron chi connectivity index (χ0n) is 14.4. The number of aromatic nitrogens is 1. The van der Waals surface area contributed by atoms with Crippen LogP contribution in [-0.2, 0) is 0 Å². The molecule has 25 heavy (non-hydrogen) atoms. The van der Waals surface area contributed by atoms with E-state index in [1.165, 1.54) is 12.1 Å². The topological polar surface area (TPSA) is 28.4 Å². The Morgan fingerprint density at radius 2 is 2.08 bits per heavy atom. The van der Waals surface area contributed by atoms with E-state index < -0.39 is 6.10 Å². The van der Waals surface area contributed by atoms with Crippen molar-refractivity contribution in [2.24, 2.45) is 0 Å². The number of fused-ring (bicyclic) bond motifs is 1.